The fraction of sp³-hybridized carbons (Fsp3) is 0.588. The van der Waals surface area contributed by atoms with Crippen molar-refractivity contribution in [3.63, 3.8) is 0 Å². The van der Waals surface area contributed by atoms with Crippen molar-refractivity contribution < 1.29 is 9.18 Å². The first-order valence-electron chi connectivity index (χ1n) is 7.37. The smallest absolute Gasteiger partial charge is 0.243 e. The summed E-state index contributed by atoms with van der Waals surface area (Å²) in [5.74, 6) is -0.693. The summed E-state index contributed by atoms with van der Waals surface area (Å²) >= 11 is 0. The number of rotatable bonds is 3. The lowest BCUT2D eigenvalue weighted by Crippen LogP contribution is -2.58. The molecule has 1 aromatic rings. The van der Waals surface area contributed by atoms with Gasteiger partial charge in [-0.15, -0.1) is 0 Å². The average Bonchev–Trinajstić information content (AvgIpc) is 2.23. The minimum atomic E-state index is -0.834. The molecule has 0 atom stereocenters. The van der Waals surface area contributed by atoms with Crippen molar-refractivity contribution in [1.82, 2.24) is 0 Å². The lowest BCUT2D eigenvalue weighted by Gasteiger charge is -2.51. The van der Waals surface area contributed by atoms with E-state index < -0.39 is 5.54 Å². The monoisotopic (exact) mass is 292 g/mol. The molecule has 2 rings (SSSR count). The molecule has 116 valence electrons. The van der Waals surface area contributed by atoms with Gasteiger partial charge in [0, 0.05) is 5.69 Å². The molecule has 4 heteroatoms. The SMILES string of the molecule is CC1(C)CC(C)(C)CC(Nc2cccc(F)c2)(C(N)=O)C1. The molecule has 21 heavy (non-hydrogen) atoms. The Labute approximate surface area is 126 Å². The van der Waals surface area contributed by atoms with E-state index in [0.717, 1.165) is 6.42 Å². The van der Waals surface area contributed by atoms with E-state index in [1.165, 1.54) is 12.1 Å². The molecule has 1 saturated carbocycles. The number of carbonyl (C=O) groups excluding carboxylic acids is 1. The molecule has 0 aliphatic heterocycles. The van der Waals surface area contributed by atoms with E-state index in [1.54, 1.807) is 12.1 Å². The van der Waals surface area contributed by atoms with Crippen LogP contribution in [0.3, 0.4) is 0 Å². The highest BCUT2D eigenvalue weighted by Crippen LogP contribution is 2.51. The molecule has 3 nitrogen and oxygen atoms in total. The largest absolute Gasteiger partial charge is 0.371 e. The van der Waals surface area contributed by atoms with Crippen LogP contribution in [-0.4, -0.2) is 11.4 Å². The quantitative estimate of drug-likeness (QED) is 0.892. The summed E-state index contributed by atoms with van der Waals surface area (Å²) in [4.78, 5) is 12.2. The first-order chi connectivity index (χ1) is 9.54. The number of halogens is 1. The van der Waals surface area contributed by atoms with Crippen molar-refractivity contribution in [2.75, 3.05) is 5.32 Å². The molecule has 0 saturated heterocycles. The van der Waals surface area contributed by atoms with E-state index in [9.17, 15) is 9.18 Å². The summed E-state index contributed by atoms with van der Waals surface area (Å²) in [7, 11) is 0. The van der Waals surface area contributed by atoms with Crippen LogP contribution in [0.25, 0.3) is 0 Å². The lowest BCUT2D eigenvalue weighted by molar-refractivity contribution is -0.126. The fourth-order valence-corrected chi connectivity index (χ4v) is 4.28. The number of hydrogen-bond acceptors (Lipinski definition) is 2. The zero-order valence-corrected chi connectivity index (χ0v) is 13.3. The molecular formula is C17H25FN2O. The molecule has 0 heterocycles. The second kappa shape index (κ2) is 5.00. The average molecular weight is 292 g/mol. The maximum absolute atomic E-state index is 13.4. The van der Waals surface area contributed by atoms with E-state index in [1.807, 2.05) is 0 Å². The fourth-order valence-electron chi connectivity index (χ4n) is 4.28. The van der Waals surface area contributed by atoms with Gasteiger partial charge in [0.25, 0.3) is 0 Å². The van der Waals surface area contributed by atoms with Crippen molar-refractivity contribution in [2.24, 2.45) is 16.6 Å². The number of anilines is 1. The summed E-state index contributed by atoms with van der Waals surface area (Å²) in [5.41, 5.74) is 5.49. The Hall–Kier alpha value is -1.58. The standard InChI is InChI=1S/C17H25FN2O/c1-15(2)9-16(3,4)11-17(10-15,14(19)21)20-13-7-5-6-12(18)8-13/h5-8,20H,9-11H2,1-4H3,(H2,19,21). The van der Waals surface area contributed by atoms with Gasteiger partial charge in [0.15, 0.2) is 0 Å². The maximum atomic E-state index is 13.4. The third-order valence-corrected chi connectivity index (χ3v) is 4.20. The van der Waals surface area contributed by atoms with E-state index in [-0.39, 0.29) is 22.6 Å². The van der Waals surface area contributed by atoms with Gasteiger partial charge in [-0.2, -0.15) is 0 Å². The van der Waals surface area contributed by atoms with E-state index in [0.29, 0.717) is 18.5 Å². The molecule has 0 aromatic heterocycles. The summed E-state index contributed by atoms with van der Waals surface area (Å²) < 4.78 is 13.4. The van der Waals surface area contributed by atoms with Crippen LogP contribution >= 0.6 is 0 Å². The zero-order valence-electron chi connectivity index (χ0n) is 13.3. The Balaban J connectivity index is 2.39. The van der Waals surface area contributed by atoms with Gasteiger partial charge in [-0.05, 0) is 48.3 Å². The van der Waals surface area contributed by atoms with Crippen LogP contribution in [0.2, 0.25) is 0 Å². The van der Waals surface area contributed by atoms with E-state index in [4.69, 9.17) is 5.73 Å². The Kier molecular flexibility index (Phi) is 3.77. The summed E-state index contributed by atoms with van der Waals surface area (Å²) in [6.45, 7) is 8.61. The van der Waals surface area contributed by atoms with Gasteiger partial charge in [-0.25, -0.2) is 4.39 Å². The molecule has 1 aliphatic rings. The highest BCUT2D eigenvalue weighted by Gasteiger charge is 2.50. The molecular weight excluding hydrogens is 267 g/mol. The normalized spacial score (nSPS) is 22.5. The summed E-state index contributed by atoms with van der Waals surface area (Å²) in [5, 5.41) is 3.23. The number of hydrogen-bond donors (Lipinski definition) is 2. The van der Waals surface area contributed by atoms with Crippen molar-refractivity contribution in [3.05, 3.63) is 30.1 Å². The second-order valence-corrected chi connectivity index (χ2v) is 7.94. The highest BCUT2D eigenvalue weighted by molar-refractivity contribution is 5.88. The van der Waals surface area contributed by atoms with Crippen LogP contribution in [0, 0.1) is 16.6 Å². The molecule has 1 amide bonds. The van der Waals surface area contributed by atoms with Crippen molar-refractivity contribution in [2.45, 2.75) is 52.5 Å². The minimum Gasteiger partial charge on any atom is -0.371 e. The topological polar surface area (TPSA) is 55.1 Å². The zero-order chi connectivity index (χ0) is 15.9. The van der Waals surface area contributed by atoms with Crippen LogP contribution in [0.1, 0.15) is 47.0 Å². The van der Waals surface area contributed by atoms with Crippen molar-refractivity contribution in [1.29, 1.82) is 0 Å². The first-order valence-corrected chi connectivity index (χ1v) is 7.37. The van der Waals surface area contributed by atoms with Gasteiger partial charge in [0.1, 0.15) is 11.4 Å². The van der Waals surface area contributed by atoms with Crippen LogP contribution < -0.4 is 11.1 Å². The number of primary amides is 1. The van der Waals surface area contributed by atoms with Gasteiger partial charge in [-0.3, -0.25) is 4.79 Å². The molecule has 1 fully saturated rings. The number of amides is 1. The third kappa shape index (κ3) is 3.55. The van der Waals surface area contributed by atoms with Crippen LogP contribution in [0.4, 0.5) is 10.1 Å². The van der Waals surface area contributed by atoms with Gasteiger partial charge in [-0.1, -0.05) is 33.8 Å². The molecule has 1 aliphatic carbocycles. The molecule has 0 unspecified atom stereocenters. The Morgan fingerprint density at radius 3 is 2.19 bits per heavy atom. The van der Waals surface area contributed by atoms with Crippen LogP contribution in [0.5, 0.6) is 0 Å². The summed E-state index contributed by atoms with van der Waals surface area (Å²) in [6, 6.07) is 6.18. The highest BCUT2D eigenvalue weighted by atomic mass is 19.1. The number of nitrogens with one attached hydrogen (secondary N) is 1. The Bertz CT molecular complexity index is 535. The predicted octanol–water partition coefficient (Wildman–Crippen LogP) is 3.70. The van der Waals surface area contributed by atoms with Gasteiger partial charge < -0.3 is 11.1 Å². The van der Waals surface area contributed by atoms with Gasteiger partial charge in [0.2, 0.25) is 5.91 Å². The molecule has 0 radical (unpaired) electrons. The summed E-state index contributed by atoms with van der Waals surface area (Å²) in [6.07, 6.45) is 2.32. The first kappa shape index (κ1) is 15.8. The third-order valence-electron chi connectivity index (χ3n) is 4.20. The van der Waals surface area contributed by atoms with Crippen LogP contribution in [0.15, 0.2) is 24.3 Å². The van der Waals surface area contributed by atoms with E-state index >= 15 is 0 Å². The number of carbonyl (C=O) groups is 1. The van der Waals surface area contributed by atoms with Gasteiger partial charge in [0.05, 0.1) is 0 Å². The van der Waals surface area contributed by atoms with Crippen molar-refractivity contribution >= 4 is 11.6 Å². The Morgan fingerprint density at radius 1 is 1.14 bits per heavy atom. The van der Waals surface area contributed by atoms with Crippen LogP contribution in [-0.2, 0) is 4.79 Å². The number of nitrogens with two attached hydrogens (primary N) is 1. The minimum absolute atomic E-state index is 0.00287. The van der Waals surface area contributed by atoms with Gasteiger partial charge >= 0.3 is 0 Å². The second-order valence-electron chi connectivity index (χ2n) is 7.94. The van der Waals surface area contributed by atoms with E-state index in [2.05, 4.69) is 33.0 Å². The lowest BCUT2D eigenvalue weighted by atomic mass is 9.58. The number of benzene rings is 1. The molecule has 0 bridgehead atoms. The molecule has 3 N–H and O–H groups in total. The molecule has 0 spiro atoms. The van der Waals surface area contributed by atoms with Crippen molar-refractivity contribution in [3.8, 4) is 0 Å². The molecule has 1 aromatic carbocycles. The maximum Gasteiger partial charge on any atom is 0.243 e. The Morgan fingerprint density at radius 2 is 1.71 bits per heavy atom. The predicted molar refractivity (Wildman–Crippen MR) is 83.4 cm³/mol.